The Hall–Kier alpha value is -1.05. The van der Waals surface area contributed by atoms with Crippen molar-refractivity contribution in [2.45, 2.75) is 19.8 Å². The van der Waals surface area contributed by atoms with Gasteiger partial charge in [0, 0.05) is 6.08 Å². The lowest BCUT2D eigenvalue weighted by Gasteiger charge is -2.19. The third kappa shape index (κ3) is 1.93. The van der Waals surface area contributed by atoms with Gasteiger partial charge in [0.2, 0.25) is 0 Å². The van der Waals surface area contributed by atoms with Crippen molar-refractivity contribution in [1.82, 2.24) is 0 Å². The lowest BCUT2D eigenvalue weighted by atomic mass is 9.87. The Balaban J connectivity index is 2.44. The monoisotopic (exact) mass is 152 g/mol. The summed E-state index contributed by atoms with van der Waals surface area (Å²) in [4.78, 5) is 10.9. The van der Waals surface area contributed by atoms with E-state index in [0.717, 1.165) is 24.0 Å². The largest absolute Gasteiger partial charge is 0.463 e. The van der Waals surface area contributed by atoms with Gasteiger partial charge in [0.25, 0.3) is 0 Å². The van der Waals surface area contributed by atoms with Crippen molar-refractivity contribution in [3.05, 3.63) is 23.8 Å². The minimum atomic E-state index is -0.247. The molecule has 0 aromatic rings. The maximum absolute atomic E-state index is 10.9. The smallest absolute Gasteiger partial charge is 0.331 e. The number of hydrogen-bond acceptors (Lipinski definition) is 2. The van der Waals surface area contributed by atoms with Crippen LogP contribution in [0.5, 0.6) is 0 Å². The van der Waals surface area contributed by atoms with Crippen LogP contribution in [0.2, 0.25) is 0 Å². The number of rotatable bonds is 2. The summed E-state index contributed by atoms with van der Waals surface area (Å²) in [5.41, 5.74) is 2.11. The van der Waals surface area contributed by atoms with Crippen LogP contribution in [-0.4, -0.2) is 12.6 Å². The summed E-state index contributed by atoms with van der Waals surface area (Å²) < 4.78 is 4.74. The van der Waals surface area contributed by atoms with Crippen LogP contribution in [0.1, 0.15) is 19.8 Å². The predicted octanol–water partition coefficient (Wildman–Crippen LogP) is 1.83. The van der Waals surface area contributed by atoms with Gasteiger partial charge in [0.05, 0.1) is 6.61 Å². The first-order chi connectivity index (χ1) is 5.24. The highest BCUT2D eigenvalue weighted by molar-refractivity contribution is 5.84. The summed E-state index contributed by atoms with van der Waals surface area (Å²) in [6.07, 6.45) is 3.53. The summed E-state index contributed by atoms with van der Waals surface area (Å²) in [6.45, 7) is 6.02. The molecule has 2 heteroatoms. The summed E-state index contributed by atoms with van der Waals surface area (Å²) in [7, 11) is 0. The van der Waals surface area contributed by atoms with Crippen molar-refractivity contribution < 1.29 is 9.53 Å². The first-order valence-corrected chi connectivity index (χ1v) is 3.79. The van der Waals surface area contributed by atoms with Gasteiger partial charge in [-0.1, -0.05) is 12.2 Å². The SMILES string of the molecule is C=C1CC/C1=C\C(=O)OCC. The van der Waals surface area contributed by atoms with Crippen molar-refractivity contribution in [2.75, 3.05) is 6.61 Å². The molecule has 11 heavy (non-hydrogen) atoms. The molecule has 0 bridgehead atoms. The van der Waals surface area contributed by atoms with Gasteiger partial charge in [-0.15, -0.1) is 0 Å². The van der Waals surface area contributed by atoms with E-state index in [4.69, 9.17) is 4.74 Å². The van der Waals surface area contributed by atoms with Crippen LogP contribution >= 0.6 is 0 Å². The third-order valence-corrected chi connectivity index (χ3v) is 1.73. The molecule has 1 saturated carbocycles. The fourth-order valence-corrected chi connectivity index (χ4v) is 0.947. The molecule has 0 atom stereocenters. The fourth-order valence-electron chi connectivity index (χ4n) is 0.947. The summed E-state index contributed by atoms with van der Waals surface area (Å²) in [5, 5.41) is 0. The maximum atomic E-state index is 10.9. The Morgan fingerprint density at radius 1 is 1.73 bits per heavy atom. The van der Waals surface area contributed by atoms with E-state index in [9.17, 15) is 4.79 Å². The van der Waals surface area contributed by atoms with Crippen LogP contribution in [0, 0.1) is 0 Å². The molecule has 0 radical (unpaired) electrons. The molecule has 1 aliphatic rings. The van der Waals surface area contributed by atoms with E-state index in [1.165, 1.54) is 6.08 Å². The van der Waals surface area contributed by atoms with E-state index < -0.39 is 0 Å². The second-order valence-corrected chi connectivity index (χ2v) is 2.53. The Bertz CT molecular complexity index is 214. The molecule has 0 amide bonds. The highest BCUT2D eigenvalue weighted by Gasteiger charge is 2.14. The van der Waals surface area contributed by atoms with Crippen LogP contribution in [-0.2, 0) is 9.53 Å². The first kappa shape index (κ1) is 8.05. The normalized spacial score (nSPS) is 19.7. The molecule has 1 fully saturated rings. The fraction of sp³-hybridized carbons (Fsp3) is 0.444. The zero-order valence-electron chi connectivity index (χ0n) is 6.72. The zero-order chi connectivity index (χ0) is 8.27. The van der Waals surface area contributed by atoms with Gasteiger partial charge in [-0.05, 0) is 25.3 Å². The lowest BCUT2D eigenvalue weighted by molar-refractivity contribution is -0.137. The molecule has 1 rings (SSSR count). The molecule has 0 aromatic carbocycles. The second kappa shape index (κ2) is 3.37. The molecule has 0 saturated heterocycles. The molecule has 0 heterocycles. The van der Waals surface area contributed by atoms with E-state index in [0.29, 0.717) is 6.61 Å². The van der Waals surface area contributed by atoms with Crippen molar-refractivity contribution in [3.8, 4) is 0 Å². The maximum Gasteiger partial charge on any atom is 0.331 e. The van der Waals surface area contributed by atoms with Gasteiger partial charge in [0.1, 0.15) is 0 Å². The van der Waals surface area contributed by atoms with Gasteiger partial charge >= 0.3 is 5.97 Å². The van der Waals surface area contributed by atoms with Crippen molar-refractivity contribution >= 4 is 5.97 Å². The van der Waals surface area contributed by atoms with Gasteiger partial charge in [0.15, 0.2) is 0 Å². The van der Waals surface area contributed by atoms with Gasteiger partial charge in [-0.2, -0.15) is 0 Å². The Morgan fingerprint density at radius 2 is 2.45 bits per heavy atom. The third-order valence-electron chi connectivity index (χ3n) is 1.73. The number of allylic oxidation sites excluding steroid dienone is 2. The van der Waals surface area contributed by atoms with E-state index in [2.05, 4.69) is 6.58 Å². The molecule has 1 aliphatic carbocycles. The van der Waals surface area contributed by atoms with Crippen LogP contribution in [0.15, 0.2) is 23.8 Å². The number of carbonyl (C=O) groups is 1. The number of ether oxygens (including phenoxy) is 1. The number of hydrogen-bond donors (Lipinski definition) is 0. The molecular formula is C9H12O2. The summed E-state index contributed by atoms with van der Waals surface area (Å²) in [6, 6.07) is 0. The zero-order valence-corrected chi connectivity index (χ0v) is 6.72. The molecule has 60 valence electrons. The average Bonchev–Trinajstić information content (AvgIpc) is 1.98. The van der Waals surface area contributed by atoms with Gasteiger partial charge < -0.3 is 4.74 Å². The van der Waals surface area contributed by atoms with Gasteiger partial charge in [-0.25, -0.2) is 4.79 Å². The predicted molar refractivity (Wildman–Crippen MR) is 43.1 cm³/mol. The second-order valence-electron chi connectivity index (χ2n) is 2.53. The van der Waals surface area contributed by atoms with Crippen molar-refractivity contribution in [2.24, 2.45) is 0 Å². The molecule has 0 unspecified atom stereocenters. The number of carbonyl (C=O) groups excluding carboxylic acids is 1. The minimum Gasteiger partial charge on any atom is -0.463 e. The van der Waals surface area contributed by atoms with Crippen molar-refractivity contribution in [1.29, 1.82) is 0 Å². The molecule has 2 nitrogen and oxygen atoms in total. The molecule has 0 aromatic heterocycles. The minimum absolute atomic E-state index is 0.247. The molecule has 0 N–H and O–H groups in total. The van der Waals surface area contributed by atoms with E-state index >= 15 is 0 Å². The highest BCUT2D eigenvalue weighted by atomic mass is 16.5. The standard InChI is InChI=1S/C9H12O2/c1-3-11-9(10)6-8-5-4-7(8)2/h6H,2-5H2,1H3/b8-6+. The van der Waals surface area contributed by atoms with Crippen LogP contribution in [0.4, 0.5) is 0 Å². The van der Waals surface area contributed by atoms with Gasteiger partial charge in [-0.3, -0.25) is 0 Å². The van der Waals surface area contributed by atoms with Crippen LogP contribution in [0.3, 0.4) is 0 Å². The van der Waals surface area contributed by atoms with Crippen molar-refractivity contribution in [3.63, 3.8) is 0 Å². The van der Waals surface area contributed by atoms with Crippen LogP contribution in [0.25, 0.3) is 0 Å². The topological polar surface area (TPSA) is 26.3 Å². The Labute approximate surface area is 66.5 Å². The van der Waals surface area contributed by atoms with Crippen LogP contribution < -0.4 is 0 Å². The summed E-state index contributed by atoms with van der Waals surface area (Å²) in [5.74, 6) is -0.247. The number of esters is 1. The molecule has 0 aliphatic heterocycles. The van der Waals surface area contributed by atoms with E-state index in [-0.39, 0.29) is 5.97 Å². The highest BCUT2D eigenvalue weighted by Crippen LogP contribution is 2.30. The molecule has 0 spiro atoms. The lowest BCUT2D eigenvalue weighted by Crippen LogP contribution is -2.07. The van der Waals surface area contributed by atoms with E-state index in [1.807, 2.05) is 0 Å². The Morgan fingerprint density at radius 3 is 2.82 bits per heavy atom. The first-order valence-electron chi connectivity index (χ1n) is 3.79. The molecular weight excluding hydrogens is 140 g/mol. The average molecular weight is 152 g/mol. The van der Waals surface area contributed by atoms with E-state index in [1.54, 1.807) is 6.92 Å². The summed E-state index contributed by atoms with van der Waals surface area (Å²) >= 11 is 0. The quantitative estimate of drug-likeness (QED) is 0.445. The Kier molecular flexibility index (Phi) is 2.47.